The largest absolute Gasteiger partial charge is 0.326 e. The number of aryl methyl sites for hydroxylation is 2. The van der Waals surface area contributed by atoms with Gasteiger partial charge in [-0.05, 0) is 62.4 Å². The second-order valence-corrected chi connectivity index (χ2v) is 9.92. The fourth-order valence-corrected chi connectivity index (χ4v) is 5.99. The number of ketones is 1. The summed E-state index contributed by atoms with van der Waals surface area (Å²) in [5.41, 5.74) is 2.35. The molecule has 0 radical (unpaired) electrons. The summed E-state index contributed by atoms with van der Waals surface area (Å²) < 4.78 is 1.57. The summed E-state index contributed by atoms with van der Waals surface area (Å²) in [4.78, 5) is 43.9. The number of hydrogen-bond donors (Lipinski definition) is 1. The number of aromatic nitrogens is 2. The van der Waals surface area contributed by atoms with E-state index in [1.165, 1.54) is 29.1 Å². The molecule has 0 saturated carbocycles. The zero-order valence-electron chi connectivity index (χ0n) is 17.2. The summed E-state index contributed by atoms with van der Waals surface area (Å²) in [6.07, 6.45) is 4.24. The number of amides is 1. The lowest BCUT2D eigenvalue weighted by molar-refractivity contribution is -0.114. The minimum Gasteiger partial charge on any atom is -0.326 e. The Morgan fingerprint density at radius 1 is 1.20 bits per heavy atom. The van der Waals surface area contributed by atoms with Crippen LogP contribution in [-0.2, 0) is 24.7 Å². The molecule has 8 heteroatoms. The molecule has 156 valence electrons. The van der Waals surface area contributed by atoms with Gasteiger partial charge in [-0.2, -0.15) is 0 Å². The van der Waals surface area contributed by atoms with Crippen LogP contribution in [-0.4, -0.2) is 26.5 Å². The Balaban J connectivity index is 1.59. The fourth-order valence-electron chi connectivity index (χ4n) is 3.74. The average molecular weight is 442 g/mol. The third-order valence-electron chi connectivity index (χ3n) is 5.30. The highest BCUT2D eigenvalue weighted by Gasteiger charge is 2.23. The second kappa shape index (κ2) is 8.35. The van der Waals surface area contributed by atoms with Gasteiger partial charge >= 0.3 is 0 Å². The van der Waals surface area contributed by atoms with Crippen LogP contribution >= 0.6 is 23.1 Å². The van der Waals surface area contributed by atoms with Crippen LogP contribution in [0.2, 0.25) is 0 Å². The first-order chi connectivity index (χ1) is 14.3. The number of anilines is 1. The van der Waals surface area contributed by atoms with Crippen LogP contribution in [0.3, 0.4) is 0 Å². The molecule has 1 aromatic carbocycles. The SMILES string of the molecule is CC(=O)Nc1ccc(C(=O)C(C)Sc2nc3sc4c(c3c(=O)n2C)CCCC4)cc1. The van der Waals surface area contributed by atoms with E-state index in [-0.39, 0.29) is 17.2 Å². The molecule has 0 aliphatic heterocycles. The van der Waals surface area contributed by atoms with Crippen molar-refractivity contribution in [2.75, 3.05) is 5.32 Å². The Morgan fingerprint density at radius 2 is 1.90 bits per heavy atom. The molecule has 1 N–H and O–H groups in total. The van der Waals surface area contributed by atoms with Gasteiger partial charge in [-0.1, -0.05) is 11.8 Å². The summed E-state index contributed by atoms with van der Waals surface area (Å²) in [6, 6.07) is 6.83. The number of carbonyl (C=O) groups is 2. The molecule has 2 heterocycles. The van der Waals surface area contributed by atoms with Crippen molar-refractivity contribution in [3.8, 4) is 0 Å². The molecule has 1 atom stereocenters. The lowest BCUT2D eigenvalue weighted by Crippen LogP contribution is -2.22. The molecular formula is C22H23N3O3S2. The Morgan fingerprint density at radius 3 is 2.60 bits per heavy atom. The Bertz CT molecular complexity index is 1200. The zero-order chi connectivity index (χ0) is 21.4. The molecule has 0 spiro atoms. The van der Waals surface area contributed by atoms with Gasteiger partial charge in [0.1, 0.15) is 4.83 Å². The lowest BCUT2D eigenvalue weighted by Gasteiger charge is -2.13. The van der Waals surface area contributed by atoms with Gasteiger partial charge in [0.25, 0.3) is 5.56 Å². The molecule has 6 nitrogen and oxygen atoms in total. The molecule has 0 bridgehead atoms. The standard InChI is InChI=1S/C22H23N3O3S2/c1-12(19(27)14-8-10-15(11-9-14)23-13(2)26)29-22-24-20-18(21(28)25(22)3)16-6-4-5-7-17(16)30-20/h8-12H,4-7H2,1-3H3,(H,23,26). The second-order valence-electron chi connectivity index (χ2n) is 7.53. The summed E-state index contributed by atoms with van der Waals surface area (Å²) in [5, 5.41) is 3.60. The van der Waals surface area contributed by atoms with E-state index in [0.29, 0.717) is 16.4 Å². The number of hydrogen-bond acceptors (Lipinski definition) is 6. The maximum atomic E-state index is 13.0. The van der Waals surface area contributed by atoms with Crippen molar-refractivity contribution < 1.29 is 9.59 Å². The van der Waals surface area contributed by atoms with E-state index in [4.69, 9.17) is 4.98 Å². The van der Waals surface area contributed by atoms with Crippen molar-refractivity contribution in [1.82, 2.24) is 9.55 Å². The van der Waals surface area contributed by atoms with Crippen molar-refractivity contribution in [3.63, 3.8) is 0 Å². The highest BCUT2D eigenvalue weighted by molar-refractivity contribution is 8.00. The first-order valence-corrected chi connectivity index (χ1v) is 11.6. The molecule has 0 saturated heterocycles. The van der Waals surface area contributed by atoms with Crippen LogP contribution in [0.25, 0.3) is 10.2 Å². The number of thiophene rings is 1. The molecule has 1 aliphatic carbocycles. The summed E-state index contributed by atoms with van der Waals surface area (Å²) in [7, 11) is 1.73. The van der Waals surface area contributed by atoms with Crippen LogP contribution in [0, 0.1) is 0 Å². The van der Waals surface area contributed by atoms with Crippen molar-refractivity contribution in [2.45, 2.75) is 49.9 Å². The van der Waals surface area contributed by atoms with E-state index in [1.54, 1.807) is 47.2 Å². The molecule has 3 aromatic rings. The first-order valence-electron chi connectivity index (χ1n) is 9.95. The first kappa shape index (κ1) is 20.8. The van der Waals surface area contributed by atoms with E-state index >= 15 is 0 Å². The molecule has 30 heavy (non-hydrogen) atoms. The van der Waals surface area contributed by atoms with Crippen LogP contribution in [0.15, 0.2) is 34.2 Å². The number of carbonyl (C=O) groups excluding carboxylic acids is 2. The molecule has 1 aliphatic rings. The van der Waals surface area contributed by atoms with Gasteiger partial charge in [-0.25, -0.2) is 4.98 Å². The highest BCUT2D eigenvalue weighted by Crippen LogP contribution is 2.35. The molecule has 1 amide bonds. The Hall–Kier alpha value is -2.45. The van der Waals surface area contributed by atoms with Gasteiger partial charge in [0.05, 0.1) is 10.6 Å². The summed E-state index contributed by atoms with van der Waals surface area (Å²) >= 11 is 2.92. The third-order valence-corrected chi connectivity index (χ3v) is 7.63. The van der Waals surface area contributed by atoms with Gasteiger partial charge in [0.2, 0.25) is 5.91 Å². The zero-order valence-corrected chi connectivity index (χ0v) is 18.8. The van der Waals surface area contributed by atoms with Gasteiger partial charge in [0, 0.05) is 30.1 Å². The number of rotatable bonds is 5. The number of benzene rings is 1. The minimum atomic E-state index is -0.401. The van der Waals surface area contributed by atoms with Gasteiger partial charge in [-0.15, -0.1) is 11.3 Å². The van der Waals surface area contributed by atoms with Crippen molar-refractivity contribution in [1.29, 1.82) is 0 Å². The quantitative estimate of drug-likeness (QED) is 0.365. The van der Waals surface area contributed by atoms with Crippen LogP contribution < -0.4 is 10.9 Å². The number of Topliss-reactive ketones (excluding diaryl/α,β-unsaturated/α-hetero) is 1. The predicted octanol–water partition coefficient (Wildman–Crippen LogP) is 4.20. The maximum absolute atomic E-state index is 13.0. The Labute approximate surface area is 182 Å². The van der Waals surface area contributed by atoms with E-state index in [2.05, 4.69) is 5.32 Å². The molecule has 0 fully saturated rings. The number of thioether (sulfide) groups is 1. The minimum absolute atomic E-state index is 0.0267. The highest BCUT2D eigenvalue weighted by atomic mass is 32.2. The molecule has 4 rings (SSSR count). The molecular weight excluding hydrogens is 418 g/mol. The van der Waals surface area contributed by atoms with Crippen molar-refractivity contribution >= 4 is 50.7 Å². The van der Waals surface area contributed by atoms with E-state index < -0.39 is 5.25 Å². The number of nitrogens with zero attached hydrogens (tertiary/aromatic N) is 2. The topological polar surface area (TPSA) is 81.1 Å². The van der Waals surface area contributed by atoms with Gasteiger partial charge in [0.15, 0.2) is 10.9 Å². The van der Waals surface area contributed by atoms with Gasteiger partial charge < -0.3 is 5.32 Å². The summed E-state index contributed by atoms with van der Waals surface area (Å²) in [6.45, 7) is 3.26. The molecule has 2 aromatic heterocycles. The van der Waals surface area contributed by atoms with Crippen molar-refractivity contribution in [3.05, 3.63) is 50.6 Å². The van der Waals surface area contributed by atoms with Crippen molar-refractivity contribution in [2.24, 2.45) is 7.05 Å². The van der Waals surface area contributed by atoms with Gasteiger partial charge in [-0.3, -0.25) is 19.0 Å². The van der Waals surface area contributed by atoms with E-state index in [9.17, 15) is 14.4 Å². The Kier molecular flexibility index (Phi) is 5.79. The fraction of sp³-hybridized carbons (Fsp3) is 0.364. The summed E-state index contributed by atoms with van der Waals surface area (Å²) in [5.74, 6) is -0.204. The number of nitrogens with one attached hydrogen (secondary N) is 1. The third kappa shape index (κ3) is 3.94. The van der Waals surface area contributed by atoms with E-state index in [1.807, 2.05) is 6.92 Å². The monoisotopic (exact) mass is 441 g/mol. The maximum Gasteiger partial charge on any atom is 0.262 e. The smallest absolute Gasteiger partial charge is 0.262 e. The van der Waals surface area contributed by atoms with Crippen LogP contribution in [0.1, 0.15) is 47.5 Å². The lowest BCUT2D eigenvalue weighted by atomic mass is 9.97. The number of fused-ring (bicyclic) bond motifs is 3. The molecule has 1 unspecified atom stereocenters. The van der Waals surface area contributed by atoms with Crippen LogP contribution in [0.5, 0.6) is 0 Å². The average Bonchev–Trinajstić information content (AvgIpc) is 3.09. The van der Waals surface area contributed by atoms with Crippen LogP contribution in [0.4, 0.5) is 5.69 Å². The normalized spacial score (nSPS) is 14.4. The van der Waals surface area contributed by atoms with E-state index in [0.717, 1.165) is 35.9 Å². The predicted molar refractivity (Wildman–Crippen MR) is 122 cm³/mol.